The molecule has 0 unspecified atom stereocenters. The Morgan fingerprint density at radius 1 is 1.26 bits per heavy atom. The zero-order valence-corrected chi connectivity index (χ0v) is 18.8. The smallest absolute Gasteiger partial charge is 0.407 e. The molecule has 0 aliphatic heterocycles. The summed E-state index contributed by atoms with van der Waals surface area (Å²) in [5.41, 5.74) is 7.38. The fourth-order valence-electron chi connectivity index (χ4n) is 3.37. The number of para-hydroxylation sites is 1. The third-order valence-electron chi connectivity index (χ3n) is 5.06. The van der Waals surface area contributed by atoms with Crippen LogP contribution in [0.25, 0.3) is 11.0 Å². The number of aryl methyl sites for hydroxylation is 1. The minimum Gasteiger partial charge on any atom is -0.453 e. The van der Waals surface area contributed by atoms with E-state index in [1.54, 1.807) is 12.3 Å². The topological polar surface area (TPSA) is 161 Å². The van der Waals surface area contributed by atoms with Crippen LogP contribution in [0.3, 0.4) is 0 Å². The molecule has 0 fully saturated rings. The number of hydrogen-bond donors (Lipinski definition) is 4. The predicted octanol–water partition coefficient (Wildman–Crippen LogP) is 1.57. The highest BCUT2D eigenvalue weighted by atomic mass is 16.5. The maximum atomic E-state index is 13.0. The van der Waals surface area contributed by atoms with Gasteiger partial charge in [-0.3, -0.25) is 14.4 Å². The number of nitrogens with zero attached hydrogens (tertiary/aromatic N) is 2. The van der Waals surface area contributed by atoms with Gasteiger partial charge in [0.2, 0.25) is 11.8 Å². The summed E-state index contributed by atoms with van der Waals surface area (Å²) in [7, 11) is 1.17. The van der Waals surface area contributed by atoms with Crippen LogP contribution in [-0.2, 0) is 20.9 Å². The number of rotatable bonds is 9. The van der Waals surface area contributed by atoms with Crippen molar-refractivity contribution < 1.29 is 19.1 Å². The number of aromatic nitrogens is 3. The number of nitrogens with one attached hydrogen (secondary N) is 3. The zero-order chi connectivity index (χ0) is 24.7. The van der Waals surface area contributed by atoms with Gasteiger partial charge in [0, 0.05) is 6.20 Å². The lowest BCUT2D eigenvalue weighted by Gasteiger charge is -2.17. The van der Waals surface area contributed by atoms with Crippen molar-refractivity contribution in [1.82, 2.24) is 19.9 Å². The molecule has 11 heteroatoms. The van der Waals surface area contributed by atoms with Gasteiger partial charge in [0.15, 0.2) is 0 Å². The number of carbonyl (C=O) groups is 3. The average Bonchev–Trinajstić information content (AvgIpc) is 3.22. The van der Waals surface area contributed by atoms with Crippen molar-refractivity contribution in [3.05, 3.63) is 70.4 Å². The van der Waals surface area contributed by atoms with E-state index >= 15 is 0 Å². The molecule has 0 saturated carbocycles. The minimum absolute atomic E-state index is 0.0455. The van der Waals surface area contributed by atoms with E-state index in [4.69, 9.17) is 5.73 Å². The van der Waals surface area contributed by atoms with Crippen LogP contribution >= 0.6 is 0 Å². The number of carbonyl (C=O) groups excluding carboxylic acids is 3. The van der Waals surface area contributed by atoms with Gasteiger partial charge in [-0.1, -0.05) is 18.2 Å². The molecule has 0 aliphatic carbocycles. The summed E-state index contributed by atoms with van der Waals surface area (Å²) in [6.07, 6.45) is 3.90. The van der Waals surface area contributed by atoms with E-state index in [2.05, 4.69) is 25.3 Å². The molecule has 0 aliphatic rings. The molecule has 0 bridgehead atoms. The lowest BCUT2D eigenvalue weighted by Crippen LogP contribution is -2.44. The fourth-order valence-corrected chi connectivity index (χ4v) is 3.37. The maximum absolute atomic E-state index is 13.0. The Kier molecular flexibility index (Phi) is 7.80. The van der Waals surface area contributed by atoms with Gasteiger partial charge in [0.1, 0.15) is 17.6 Å². The van der Waals surface area contributed by atoms with Gasteiger partial charge in [-0.2, -0.15) is 0 Å². The number of methoxy groups -OCH3 is 1. The first kappa shape index (κ1) is 24.2. The summed E-state index contributed by atoms with van der Waals surface area (Å²) >= 11 is 0. The number of fused-ring (bicyclic) bond motifs is 1. The molecule has 0 saturated heterocycles. The number of benzene rings is 1. The molecule has 0 radical (unpaired) electrons. The molecule has 34 heavy (non-hydrogen) atoms. The molecule has 2 heterocycles. The highest BCUT2D eigenvalue weighted by Gasteiger charge is 2.22. The predicted molar refractivity (Wildman–Crippen MR) is 126 cm³/mol. The Morgan fingerprint density at radius 3 is 2.76 bits per heavy atom. The largest absolute Gasteiger partial charge is 0.453 e. The monoisotopic (exact) mass is 466 g/mol. The Balaban J connectivity index is 1.76. The molecule has 3 aromatic rings. The Morgan fingerprint density at radius 2 is 2.06 bits per heavy atom. The first-order chi connectivity index (χ1) is 16.3. The van der Waals surface area contributed by atoms with E-state index in [1.165, 1.54) is 29.9 Å². The van der Waals surface area contributed by atoms with Gasteiger partial charge in [-0.05, 0) is 49.6 Å². The van der Waals surface area contributed by atoms with Crippen LogP contribution in [0.1, 0.15) is 24.2 Å². The van der Waals surface area contributed by atoms with Gasteiger partial charge >= 0.3 is 6.09 Å². The molecule has 5 N–H and O–H groups in total. The van der Waals surface area contributed by atoms with Crippen LogP contribution < -0.4 is 21.9 Å². The van der Waals surface area contributed by atoms with Crippen molar-refractivity contribution in [3.8, 4) is 0 Å². The summed E-state index contributed by atoms with van der Waals surface area (Å²) in [5.74, 6) is -0.625. The molecular formula is C23H26N6O5. The second-order valence-corrected chi connectivity index (χ2v) is 7.57. The third kappa shape index (κ3) is 6.09. The Labute approximate surface area is 195 Å². The van der Waals surface area contributed by atoms with Crippen LogP contribution in [-0.4, -0.2) is 45.6 Å². The zero-order valence-electron chi connectivity index (χ0n) is 18.8. The van der Waals surface area contributed by atoms with Gasteiger partial charge in [0.25, 0.3) is 5.56 Å². The van der Waals surface area contributed by atoms with Crippen LogP contribution in [0.2, 0.25) is 0 Å². The van der Waals surface area contributed by atoms with Gasteiger partial charge < -0.3 is 30.7 Å². The molecule has 1 aromatic carbocycles. The Hall–Kier alpha value is -4.41. The number of anilines is 1. The molecule has 3 rings (SSSR count). The van der Waals surface area contributed by atoms with E-state index in [1.807, 2.05) is 25.1 Å². The Bertz CT molecular complexity index is 1290. The second-order valence-electron chi connectivity index (χ2n) is 7.57. The maximum Gasteiger partial charge on any atom is 0.407 e. The minimum atomic E-state index is -1.00. The molecule has 3 amide bonds. The van der Waals surface area contributed by atoms with Crippen LogP contribution in [0.5, 0.6) is 0 Å². The van der Waals surface area contributed by atoms with Gasteiger partial charge in [-0.15, -0.1) is 0 Å². The number of primary amides is 1. The highest BCUT2D eigenvalue weighted by molar-refractivity contribution is 5.96. The van der Waals surface area contributed by atoms with Gasteiger partial charge in [-0.25, -0.2) is 9.78 Å². The van der Waals surface area contributed by atoms with E-state index < -0.39 is 29.5 Å². The number of imidazole rings is 1. The van der Waals surface area contributed by atoms with Gasteiger partial charge in [0.05, 0.1) is 24.7 Å². The summed E-state index contributed by atoms with van der Waals surface area (Å²) in [6, 6.07) is 7.88. The fraction of sp³-hybridized carbons (Fsp3) is 0.261. The van der Waals surface area contributed by atoms with Crippen molar-refractivity contribution in [2.75, 3.05) is 12.4 Å². The number of nitrogens with two attached hydrogens (primary N) is 1. The molecule has 0 spiro atoms. The number of amides is 3. The van der Waals surface area contributed by atoms with E-state index in [0.29, 0.717) is 5.82 Å². The van der Waals surface area contributed by atoms with Crippen LogP contribution in [0.15, 0.2) is 53.5 Å². The molecule has 2 aromatic heterocycles. The van der Waals surface area contributed by atoms with E-state index in [-0.39, 0.29) is 25.1 Å². The number of H-pyrrole nitrogens is 1. The van der Waals surface area contributed by atoms with Crippen molar-refractivity contribution >= 4 is 34.6 Å². The normalized spacial score (nSPS) is 11.9. The number of hydrogen-bond acceptors (Lipinski definition) is 6. The summed E-state index contributed by atoms with van der Waals surface area (Å²) in [4.78, 5) is 56.0. The number of ether oxygens (including phenoxy) is 1. The van der Waals surface area contributed by atoms with Crippen molar-refractivity contribution in [1.29, 1.82) is 0 Å². The molecule has 1 atom stereocenters. The second kappa shape index (κ2) is 10.9. The summed E-state index contributed by atoms with van der Waals surface area (Å²) in [5, 5.41) is 4.98. The third-order valence-corrected chi connectivity index (χ3v) is 5.06. The average molecular weight is 466 g/mol. The quantitative estimate of drug-likeness (QED) is 0.350. The lowest BCUT2D eigenvalue weighted by molar-refractivity contribution is -0.118. The first-order valence-electron chi connectivity index (χ1n) is 10.5. The molecular weight excluding hydrogens is 440 g/mol. The van der Waals surface area contributed by atoms with Crippen LogP contribution in [0, 0.1) is 6.92 Å². The van der Waals surface area contributed by atoms with Crippen molar-refractivity contribution in [2.24, 2.45) is 5.73 Å². The van der Waals surface area contributed by atoms with E-state index in [0.717, 1.165) is 16.6 Å². The standard InChI is InChI=1S/C23H26N6O5/c1-14-7-5-9-15-20(14)28-19(25-15)13-29-12-6-10-17(22(29)32)26-21(31)16(27-23(33)34-2)8-3-4-11-18(24)30/h4-7,9-12,16H,3,8,13H2,1-2H3,(H2,24,30)(H,25,28)(H,26,31)(H,27,33)/b11-4+/t16-/m0/s1. The van der Waals surface area contributed by atoms with E-state index in [9.17, 15) is 19.2 Å². The van der Waals surface area contributed by atoms with Crippen LogP contribution in [0.4, 0.5) is 10.5 Å². The first-order valence-corrected chi connectivity index (χ1v) is 10.5. The summed E-state index contributed by atoms with van der Waals surface area (Å²) in [6.45, 7) is 2.14. The molecule has 178 valence electrons. The number of allylic oxidation sites excluding steroid dienone is 1. The van der Waals surface area contributed by atoms with Crippen molar-refractivity contribution in [3.63, 3.8) is 0 Å². The SMILES string of the molecule is COC(=O)N[C@@H](CC/C=C/C(N)=O)C(=O)Nc1cccn(Cc2nc3c(C)cccc3[nH]2)c1=O. The van der Waals surface area contributed by atoms with Crippen molar-refractivity contribution in [2.45, 2.75) is 32.4 Å². The molecule has 11 nitrogen and oxygen atoms in total. The number of aromatic amines is 1. The number of alkyl carbamates (subject to hydrolysis) is 1. The number of pyridine rings is 1. The summed E-state index contributed by atoms with van der Waals surface area (Å²) < 4.78 is 5.99. The lowest BCUT2D eigenvalue weighted by atomic mass is 10.1. The highest BCUT2D eigenvalue weighted by Crippen LogP contribution is 2.16.